The lowest BCUT2D eigenvalue weighted by molar-refractivity contribution is -0.159. The summed E-state index contributed by atoms with van der Waals surface area (Å²) in [6, 6.07) is 31.8. The van der Waals surface area contributed by atoms with Crippen molar-refractivity contribution in [2.75, 3.05) is 19.6 Å². The molecular weight excluding hydrogens is 1010 g/mol. The maximum Gasteiger partial charge on any atom is 0.488 e. The van der Waals surface area contributed by atoms with Gasteiger partial charge in [0, 0.05) is 25.9 Å². The fraction of sp³-hybridized carbons (Fsp3) is 0.508. The Balaban J connectivity index is 0.000000418. The van der Waals surface area contributed by atoms with Gasteiger partial charge in [-0.1, -0.05) is 109 Å². The molecule has 0 bridgehead atoms. The number of amides is 2. The van der Waals surface area contributed by atoms with Crippen LogP contribution in [0.4, 0.5) is 0 Å². The highest BCUT2D eigenvalue weighted by Crippen LogP contribution is 2.14. The van der Waals surface area contributed by atoms with Crippen LogP contribution in [0.1, 0.15) is 136 Å². The van der Waals surface area contributed by atoms with Gasteiger partial charge in [0.05, 0.1) is 0 Å². The van der Waals surface area contributed by atoms with E-state index in [1.54, 1.807) is 90.1 Å². The number of nitrogens with one attached hydrogen (secondary N) is 4. The predicted molar refractivity (Wildman–Crippen MR) is 312 cm³/mol. The predicted octanol–water partition coefficient (Wildman–Crippen LogP) is 3.79. The van der Waals surface area contributed by atoms with Crippen LogP contribution >= 0.6 is 0 Å². The molecule has 79 heavy (non-hydrogen) atoms. The summed E-state index contributed by atoms with van der Waals surface area (Å²) in [4.78, 5) is 61.3. The minimum Gasteiger partial charge on any atom is -0.459 e. The highest BCUT2D eigenvalue weighted by molar-refractivity contribution is 6.58. The highest BCUT2D eigenvalue weighted by atomic mass is 16.6. The zero-order chi connectivity index (χ0) is 59.0. The van der Waals surface area contributed by atoms with E-state index in [-0.39, 0.29) is 30.6 Å². The molecule has 4 aromatic rings. The number of nitrogens with two attached hydrogens (primary N) is 2. The average molecular weight is 1100 g/mol. The molecule has 0 heterocycles. The molecule has 0 aliphatic heterocycles. The van der Waals surface area contributed by atoms with E-state index < -0.39 is 61.1 Å². The summed E-state index contributed by atoms with van der Waals surface area (Å²) in [5, 5.41) is 48.7. The van der Waals surface area contributed by atoms with E-state index in [1.165, 1.54) is 11.1 Å². The molecule has 0 aliphatic rings. The Bertz CT molecular complexity index is 2360. The summed E-state index contributed by atoms with van der Waals surface area (Å²) in [6.07, 6.45) is 5.10. The lowest BCUT2D eigenvalue weighted by Gasteiger charge is -2.24. The molecule has 18 nitrogen and oxygen atoms in total. The lowest BCUT2D eigenvalue weighted by Crippen LogP contribution is -2.44. The maximum absolute atomic E-state index is 12.7. The van der Waals surface area contributed by atoms with Gasteiger partial charge < -0.3 is 67.0 Å². The quantitative estimate of drug-likeness (QED) is 0.0168. The molecule has 2 amide bonds. The first-order valence-corrected chi connectivity index (χ1v) is 27.3. The Hall–Kier alpha value is -5.96. The van der Waals surface area contributed by atoms with Gasteiger partial charge in [0.1, 0.15) is 34.9 Å². The third kappa shape index (κ3) is 33.3. The lowest BCUT2D eigenvalue weighted by atomic mass is 9.80. The molecule has 4 rings (SSSR count). The first-order valence-electron chi connectivity index (χ1n) is 27.3. The van der Waals surface area contributed by atoms with E-state index in [2.05, 4.69) is 45.5 Å². The molecule has 0 saturated carbocycles. The van der Waals surface area contributed by atoms with E-state index in [4.69, 9.17) is 35.7 Å². The van der Waals surface area contributed by atoms with Crippen molar-refractivity contribution in [2.24, 2.45) is 11.5 Å². The van der Waals surface area contributed by atoms with E-state index in [0.29, 0.717) is 69.0 Å². The van der Waals surface area contributed by atoms with Gasteiger partial charge in [0.25, 0.3) is 0 Å². The standard InChI is InChI=1S/C25H35BN2O5.C18H29BN2O5.C16H26N2O2/c1-25(2,3)33-24(30)22(10-7-17-27-18-20-8-5-4-6-9-20)28-23(29)16-13-19-11-14-21(15-12-19)26(31)32;1-18(2,3)26-17(23)15(5-4-12-20)21-16(22)11-8-13-6-9-14(10-7-13)19(24)25;1-16(2,3)20-15(19)14(17)10-7-11-18-12-13-8-5-4-6-9-13/h4-6,8-9,11-12,14-15,22,27,31-32H,7,10,13,16-18H2,1-3H3,(H,28,29);6-7,9-10,15,24-25H,4-5,8,11-12,20H2,1-3H3,(H,21,22);4-6,8-9,14,18H,7,10-12,17H2,1-3H3/t22-;15-;14-/m000/s1. The largest absolute Gasteiger partial charge is 0.488 e. The second-order valence-corrected chi connectivity index (χ2v) is 22.2. The monoisotopic (exact) mass is 1100 g/mol. The Morgan fingerprint density at radius 3 is 1.16 bits per heavy atom. The molecule has 20 heteroatoms. The van der Waals surface area contributed by atoms with Gasteiger partial charge in [0.15, 0.2) is 0 Å². The zero-order valence-electron chi connectivity index (χ0n) is 48.1. The van der Waals surface area contributed by atoms with Crippen molar-refractivity contribution in [3.63, 3.8) is 0 Å². The number of carbonyl (C=O) groups is 5. The van der Waals surface area contributed by atoms with Gasteiger partial charge in [-0.3, -0.25) is 14.4 Å². The smallest absolute Gasteiger partial charge is 0.459 e. The summed E-state index contributed by atoms with van der Waals surface area (Å²) in [5.41, 5.74) is 14.6. The number of carbonyl (C=O) groups excluding carboxylic acids is 5. The minimum absolute atomic E-state index is 0.211. The van der Waals surface area contributed by atoms with Crippen LogP contribution in [0.25, 0.3) is 0 Å². The third-order valence-electron chi connectivity index (χ3n) is 11.4. The fourth-order valence-electron chi connectivity index (χ4n) is 7.36. The Kier molecular flexibility index (Phi) is 31.8. The number of hydrogen-bond donors (Lipinski definition) is 10. The molecule has 12 N–H and O–H groups in total. The topological polar surface area (TPSA) is 294 Å². The second-order valence-electron chi connectivity index (χ2n) is 22.2. The van der Waals surface area contributed by atoms with Crippen molar-refractivity contribution < 1.29 is 58.3 Å². The van der Waals surface area contributed by atoms with Gasteiger partial charge in [0.2, 0.25) is 11.8 Å². The summed E-state index contributed by atoms with van der Waals surface area (Å²) < 4.78 is 16.1. The number of esters is 3. The molecule has 0 fully saturated rings. The summed E-state index contributed by atoms with van der Waals surface area (Å²) in [7, 11) is -3.02. The minimum atomic E-state index is -1.51. The zero-order valence-corrected chi connectivity index (χ0v) is 48.1. The Labute approximate surface area is 469 Å². The van der Waals surface area contributed by atoms with E-state index >= 15 is 0 Å². The van der Waals surface area contributed by atoms with Gasteiger partial charge in [-0.25, -0.2) is 9.59 Å². The van der Waals surface area contributed by atoms with Crippen molar-refractivity contribution in [3.8, 4) is 0 Å². The van der Waals surface area contributed by atoms with Crippen LogP contribution in [0, 0.1) is 0 Å². The van der Waals surface area contributed by atoms with E-state index in [0.717, 1.165) is 37.2 Å². The van der Waals surface area contributed by atoms with Gasteiger partial charge >= 0.3 is 32.1 Å². The number of rotatable bonds is 28. The molecule has 3 atom stereocenters. The van der Waals surface area contributed by atoms with Crippen LogP contribution < -0.4 is 43.7 Å². The Morgan fingerprint density at radius 1 is 0.481 bits per heavy atom. The SMILES string of the molecule is CC(C)(C)OC(=O)[C@@H](N)CCCNCc1ccccc1.CC(C)(C)OC(=O)[C@H](CCCN)NC(=O)CCc1ccc(B(O)O)cc1.CC(C)(C)OC(=O)[C@H](CCCNCc1ccccc1)NC(=O)CCc1ccc(B(O)O)cc1. The van der Waals surface area contributed by atoms with Crippen LogP contribution in [0.5, 0.6) is 0 Å². The number of hydrogen-bond acceptors (Lipinski definition) is 16. The van der Waals surface area contributed by atoms with Crippen LogP contribution in [-0.4, -0.2) is 119 Å². The van der Waals surface area contributed by atoms with Crippen molar-refractivity contribution in [1.82, 2.24) is 21.3 Å². The normalized spacial score (nSPS) is 12.4. The number of aryl methyl sites for hydroxylation is 2. The van der Waals surface area contributed by atoms with Crippen molar-refractivity contribution in [3.05, 3.63) is 131 Å². The van der Waals surface area contributed by atoms with E-state index in [9.17, 15) is 34.0 Å². The molecule has 0 aromatic heterocycles. The van der Waals surface area contributed by atoms with Crippen molar-refractivity contribution in [1.29, 1.82) is 0 Å². The van der Waals surface area contributed by atoms with Gasteiger partial charge in [-0.2, -0.15) is 0 Å². The average Bonchev–Trinajstić information content (AvgIpc) is 3.37. The molecule has 0 spiro atoms. The fourth-order valence-corrected chi connectivity index (χ4v) is 7.36. The molecule has 434 valence electrons. The maximum atomic E-state index is 12.7. The number of benzene rings is 4. The third-order valence-corrected chi connectivity index (χ3v) is 11.4. The van der Waals surface area contributed by atoms with Crippen LogP contribution in [0.3, 0.4) is 0 Å². The summed E-state index contributed by atoms with van der Waals surface area (Å²) in [5.74, 6) is -1.68. The molecule has 0 unspecified atom stereocenters. The van der Waals surface area contributed by atoms with E-state index in [1.807, 2.05) is 57.2 Å². The molecule has 4 aromatic carbocycles. The first kappa shape index (κ1) is 69.1. The van der Waals surface area contributed by atoms with Gasteiger partial charge in [-0.05, 0) is 166 Å². The summed E-state index contributed by atoms with van der Waals surface area (Å²) in [6.45, 7) is 19.8. The number of ether oxygens (including phenoxy) is 3. The van der Waals surface area contributed by atoms with Crippen LogP contribution in [0.15, 0.2) is 109 Å². The molecule has 0 saturated heterocycles. The highest BCUT2D eigenvalue weighted by Gasteiger charge is 2.28. The van der Waals surface area contributed by atoms with Gasteiger partial charge in [-0.15, -0.1) is 0 Å². The Morgan fingerprint density at radius 2 is 0.823 bits per heavy atom. The van der Waals surface area contributed by atoms with Crippen molar-refractivity contribution in [2.45, 2.75) is 175 Å². The molecular formula is C59H90B2N6O12. The van der Waals surface area contributed by atoms with Crippen LogP contribution in [-0.2, 0) is 64.1 Å². The van der Waals surface area contributed by atoms with Crippen molar-refractivity contribution >= 4 is 54.9 Å². The molecule has 0 aliphatic carbocycles. The first-order chi connectivity index (χ1) is 37.1. The second kappa shape index (κ2) is 36.3. The summed E-state index contributed by atoms with van der Waals surface area (Å²) >= 11 is 0. The van der Waals surface area contributed by atoms with Crippen LogP contribution in [0.2, 0.25) is 0 Å². The molecule has 0 radical (unpaired) electrons.